The molecule has 1 fully saturated rings. The molecule has 4 rings (SSSR count). The average Bonchev–Trinajstić information content (AvgIpc) is 3.20. The first-order valence-electron chi connectivity index (χ1n) is 10.1. The number of primary amides is 1. The molecule has 2 aliphatic heterocycles. The summed E-state index contributed by atoms with van der Waals surface area (Å²) in [4.78, 5) is 31.5. The minimum atomic E-state index is -0.305. The van der Waals surface area contributed by atoms with Crippen molar-refractivity contribution in [2.75, 3.05) is 13.1 Å². The summed E-state index contributed by atoms with van der Waals surface area (Å²) in [6.45, 7) is 7.62. The second-order valence-electron chi connectivity index (χ2n) is 8.21. The molecule has 2 N–H and O–H groups in total. The molecule has 1 aromatic heterocycles. The number of piperidine rings is 1. The largest absolute Gasteiger partial charge is 0.369 e. The first kappa shape index (κ1) is 20.1. The van der Waals surface area contributed by atoms with Gasteiger partial charge in [0.15, 0.2) is 5.16 Å². The second-order valence-corrected chi connectivity index (χ2v) is 9.32. The predicted octanol–water partition coefficient (Wildman–Crippen LogP) is 2.76. The van der Waals surface area contributed by atoms with Crippen molar-refractivity contribution in [3.05, 3.63) is 41.2 Å². The van der Waals surface area contributed by atoms with Gasteiger partial charge in [-0.25, -0.2) is 4.98 Å². The van der Waals surface area contributed by atoms with Crippen molar-refractivity contribution in [3.63, 3.8) is 0 Å². The number of hydrogen-bond acceptors (Lipinski definition) is 6. The first-order chi connectivity index (χ1) is 13.8. The molecule has 2 aromatic rings. The van der Waals surface area contributed by atoms with Crippen LogP contribution in [0.1, 0.15) is 60.4 Å². The molecule has 2 atom stereocenters. The maximum absolute atomic E-state index is 13.2. The van der Waals surface area contributed by atoms with Crippen LogP contribution in [0.5, 0.6) is 0 Å². The number of benzene rings is 1. The third kappa shape index (κ3) is 3.83. The summed E-state index contributed by atoms with van der Waals surface area (Å²) in [5.41, 5.74) is 7.90. The van der Waals surface area contributed by atoms with Crippen molar-refractivity contribution in [2.24, 2.45) is 11.7 Å². The lowest BCUT2D eigenvalue weighted by molar-refractivity contribution is -0.123. The minimum Gasteiger partial charge on any atom is -0.369 e. The topological polar surface area (TPSA) is 94.1 Å². The van der Waals surface area contributed by atoms with Crippen molar-refractivity contribution < 1.29 is 9.59 Å². The van der Waals surface area contributed by atoms with Gasteiger partial charge in [-0.2, -0.15) is 4.68 Å². The van der Waals surface area contributed by atoms with E-state index in [9.17, 15) is 9.59 Å². The van der Waals surface area contributed by atoms with Gasteiger partial charge in [-0.15, -0.1) is 5.10 Å². The summed E-state index contributed by atoms with van der Waals surface area (Å²) in [6, 6.07) is 8.47. The van der Waals surface area contributed by atoms with E-state index in [0.717, 1.165) is 31.5 Å². The first-order valence-corrected chi connectivity index (χ1v) is 11.0. The standard InChI is InChI=1S/C21H27N5O2S/c1-12(2)14-4-6-15(7-5-14)17(25-10-8-16(9-11-25)19(22)27)18-20(28)26-21(29-18)23-13(3)24-26/h4-7,12,16-18H,8-11H2,1-3H3,(H2,22,27). The molecule has 29 heavy (non-hydrogen) atoms. The molecule has 154 valence electrons. The molecule has 8 heteroatoms. The van der Waals surface area contributed by atoms with Gasteiger partial charge in [0.25, 0.3) is 5.91 Å². The third-order valence-corrected chi connectivity index (χ3v) is 7.11. The number of carbonyl (C=O) groups excluding carboxylic acids is 2. The Morgan fingerprint density at radius 3 is 2.34 bits per heavy atom. The number of nitrogens with zero attached hydrogens (tertiary/aromatic N) is 4. The number of nitrogens with two attached hydrogens (primary N) is 1. The number of rotatable bonds is 5. The molecule has 2 unspecified atom stereocenters. The Hall–Kier alpha value is -2.19. The van der Waals surface area contributed by atoms with Crippen LogP contribution in [0.15, 0.2) is 29.4 Å². The highest BCUT2D eigenvalue weighted by molar-refractivity contribution is 8.00. The highest BCUT2D eigenvalue weighted by Crippen LogP contribution is 2.42. The van der Waals surface area contributed by atoms with E-state index in [0.29, 0.717) is 16.9 Å². The maximum atomic E-state index is 13.2. The van der Waals surface area contributed by atoms with Gasteiger partial charge in [-0.3, -0.25) is 14.5 Å². The van der Waals surface area contributed by atoms with Gasteiger partial charge < -0.3 is 5.73 Å². The summed E-state index contributed by atoms with van der Waals surface area (Å²) in [5.74, 6) is 0.726. The molecular weight excluding hydrogens is 386 g/mol. The van der Waals surface area contributed by atoms with Crippen LogP contribution in [0.4, 0.5) is 0 Å². The zero-order valence-electron chi connectivity index (χ0n) is 17.0. The van der Waals surface area contributed by atoms with E-state index in [4.69, 9.17) is 5.73 Å². The van der Waals surface area contributed by atoms with Crippen LogP contribution >= 0.6 is 11.8 Å². The summed E-state index contributed by atoms with van der Waals surface area (Å²) in [5, 5.41) is 4.63. The Morgan fingerprint density at radius 1 is 1.17 bits per heavy atom. The number of carbonyl (C=O) groups is 2. The molecular formula is C21H27N5O2S. The third-order valence-electron chi connectivity index (χ3n) is 5.92. The van der Waals surface area contributed by atoms with Crippen LogP contribution < -0.4 is 5.73 Å². The Labute approximate surface area is 175 Å². The van der Waals surface area contributed by atoms with Crippen LogP contribution in [0.2, 0.25) is 0 Å². The summed E-state index contributed by atoms with van der Waals surface area (Å²) < 4.78 is 1.44. The number of likely N-dealkylation sites (tertiary alicyclic amines) is 1. The zero-order valence-corrected chi connectivity index (χ0v) is 17.9. The van der Waals surface area contributed by atoms with E-state index >= 15 is 0 Å². The number of fused-ring (bicyclic) bond motifs is 1. The van der Waals surface area contributed by atoms with E-state index < -0.39 is 0 Å². The quantitative estimate of drug-likeness (QED) is 0.810. The summed E-state index contributed by atoms with van der Waals surface area (Å²) >= 11 is 1.49. The molecule has 0 bridgehead atoms. The van der Waals surface area contributed by atoms with E-state index in [-0.39, 0.29) is 29.0 Å². The lowest BCUT2D eigenvalue weighted by atomic mass is 9.91. The fourth-order valence-electron chi connectivity index (χ4n) is 4.22. The molecule has 2 aliphatic rings. The summed E-state index contributed by atoms with van der Waals surface area (Å²) in [6.07, 6.45) is 1.45. The van der Waals surface area contributed by atoms with Crippen molar-refractivity contribution >= 4 is 23.6 Å². The van der Waals surface area contributed by atoms with Gasteiger partial charge in [-0.1, -0.05) is 49.9 Å². The Kier molecular flexibility index (Phi) is 5.48. The fraction of sp³-hybridized carbons (Fsp3) is 0.524. The smallest absolute Gasteiger partial charge is 0.264 e. The van der Waals surface area contributed by atoms with E-state index in [2.05, 4.69) is 53.1 Å². The number of hydrogen-bond donors (Lipinski definition) is 1. The van der Waals surface area contributed by atoms with Gasteiger partial charge in [0.1, 0.15) is 11.1 Å². The molecule has 0 saturated carbocycles. The van der Waals surface area contributed by atoms with Gasteiger partial charge in [-0.05, 0) is 49.9 Å². The van der Waals surface area contributed by atoms with Crippen LogP contribution in [-0.4, -0.2) is 49.8 Å². The van der Waals surface area contributed by atoms with Gasteiger partial charge >= 0.3 is 0 Å². The van der Waals surface area contributed by atoms with Crippen molar-refractivity contribution in [1.29, 1.82) is 0 Å². The molecule has 0 spiro atoms. The maximum Gasteiger partial charge on any atom is 0.264 e. The highest BCUT2D eigenvalue weighted by atomic mass is 32.2. The molecule has 1 saturated heterocycles. The monoisotopic (exact) mass is 413 g/mol. The average molecular weight is 414 g/mol. The van der Waals surface area contributed by atoms with E-state index in [1.165, 1.54) is 22.0 Å². The number of aromatic nitrogens is 3. The van der Waals surface area contributed by atoms with Crippen molar-refractivity contribution in [1.82, 2.24) is 19.7 Å². The SMILES string of the molecule is Cc1nc2n(n1)C(=O)C(C(c1ccc(C(C)C)cc1)N1CCC(C(N)=O)CC1)S2. The Bertz CT molecular complexity index is 916. The van der Waals surface area contributed by atoms with Gasteiger partial charge in [0.2, 0.25) is 5.91 Å². The Morgan fingerprint density at radius 2 is 1.79 bits per heavy atom. The van der Waals surface area contributed by atoms with Crippen LogP contribution in [0.25, 0.3) is 0 Å². The molecule has 1 aromatic carbocycles. The summed E-state index contributed by atoms with van der Waals surface area (Å²) in [7, 11) is 0. The van der Waals surface area contributed by atoms with Gasteiger partial charge in [0.05, 0.1) is 6.04 Å². The van der Waals surface area contributed by atoms with Gasteiger partial charge in [0, 0.05) is 5.92 Å². The highest BCUT2D eigenvalue weighted by Gasteiger charge is 2.43. The molecule has 0 radical (unpaired) electrons. The number of amides is 1. The van der Waals surface area contributed by atoms with Crippen LogP contribution in [0.3, 0.4) is 0 Å². The lowest BCUT2D eigenvalue weighted by Crippen LogP contribution is -2.45. The van der Waals surface area contributed by atoms with Crippen LogP contribution in [-0.2, 0) is 4.79 Å². The fourth-order valence-corrected chi connectivity index (χ4v) is 5.52. The van der Waals surface area contributed by atoms with Crippen LogP contribution in [0, 0.1) is 12.8 Å². The lowest BCUT2D eigenvalue weighted by Gasteiger charge is -2.38. The molecule has 7 nitrogen and oxygen atoms in total. The Balaban J connectivity index is 1.64. The molecule has 3 heterocycles. The van der Waals surface area contributed by atoms with E-state index in [1.807, 2.05) is 0 Å². The second kappa shape index (κ2) is 7.91. The molecule has 0 aliphatic carbocycles. The number of thioether (sulfide) groups is 1. The van der Waals surface area contributed by atoms with Crippen molar-refractivity contribution in [2.45, 2.75) is 56.0 Å². The molecule has 1 amide bonds. The van der Waals surface area contributed by atoms with Crippen molar-refractivity contribution in [3.8, 4) is 0 Å². The normalized spacial score (nSPS) is 21.5. The predicted molar refractivity (Wildman–Crippen MR) is 112 cm³/mol. The minimum absolute atomic E-state index is 0.0273. The zero-order chi connectivity index (χ0) is 20.7. The number of aryl methyl sites for hydroxylation is 1. The van der Waals surface area contributed by atoms with E-state index in [1.54, 1.807) is 6.92 Å².